The number of nitrogens with zero attached hydrogens (tertiary/aromatic N) is 1. The van der Waals surface area contributed by atoms with Gasteiger partial charge in [-0.05, 0) is 19.1 Å². The van der Waals surface area contributed by atoms with Crippen molar-refractivity contribution >= 4 is 10.8 Å². The standard InChI is InChI=1S/C12H13NO2/c1-8-4-11-9(7-13-8)5-10(14-2)6-12(11)15-3/h4-7H,1-3H3. The third-order valence-electron chi connectivity index (χ3n) is 2.36. The Kier molecular flexibility index (Phi) is 2.46. The van der Waals surface area contributed by atoms with Crippen LogP contribution in [0.3, 0.4) is 0 Å². The first kappa shape index (κ1) is 9.77. The van der Waals surface area contributed by atoms with Crippen molar-refractivity contribution in [2.24, 2.45) is 0 Å². The summed E-state index contributed by atoms with van der Waals surface area (Å²) in [4.78, 5) is 4.25. The van der Waals surface area contributed by atoms with Crippen LogP contribution < -0.4 is 9.47 Å². The molecule has 1 aromatic carbocycles. The average molecular weight is 203 g/mol. The van der Waals surface area contributed by atoms with Crippen LogP contribution in [0.5, 0.6) is 11.5 Å². The molecule has 78 valence electrons. The van der Waals surface area contributed by atoms with Gasteiger partial charge in [-0.3, -0.25) is 4.98 Å². The molecule has 0 atom stereocenters. The van der Waals surface area contributed by atoms with Gasteiger partial charge < -0.3 is 9.47 Å². The van der Waals surface area contributed by atoms with Crippen LogP contribution in [0.1, 0.15) is 5.69 Å². The summed E-state index contributed by atoms with van der Waals surface area (Å²) in [7, 11) is 3.30. The van der Waals surface area contributed by atoms with E-state index in [0.29, 0.717) is 0 Å². The fourth-order valence-electron chi connectivity index (χ4n) is 1.59. The normalized spacial score (nSPS) is 10.3. The van der Waals surface area contributed by atoms with Crippen LogP contribution in [-0.4, -0.2) is 19.2 Å². The van der Waals surface area contributed by atoms with E-state index in [-0.39, 0.29) is 0 Å². The highest BCUT2D eigenvalue weighted by Gasteiger charge is 2.05. The Balaban J connectivity index is 2.75. The summed E-state index contributed by atoms with van der Waals surface area (Å²) in [5, 5.41) is 2.09. The average Bonchev–Trinajstić information content (AvgIpc) is 2.27. The Labute approximate surface area is 88.7 Å². The molecule has 3 heteroatoms. The summed E-state index contributed by atoms with van der Waals surface area (Å²) in [6, 6.07) is 5.83. The molecule has 2 rings (SSSR count). The molecule has 0 aliphatic rings. The van der Waals surface area contributed by atoms with Crippen molar-refractivity contribution in [1.82, 2.24) is 4.98 Å². The molecule has 3 nitrogen and oxygen atoms in total. The zero-order valence-electron chi connectivity index (χ0n) is 9.07. The van der Waals surface area contributed by atoms with Gasteiger partial charge in [0.15, 0.2) is 0 Å². The SMILES string of the molecule is COc1cc(OC)c2cc(C)ncc2c1. The Morgan fingerprint density at radius 3 is 2.53 bits per heavy atom. The fourth-order valence-corrected chi connectivity index (χ4v) is 1.59. The van der Waals surface area contributed by atoms with Crippen LogP contribution in [0.4, 0.5) is 0 Å². The highest BCUT2D eigenvalue weighted by molar-refractivity contribution is 5.89. The topological polar surface area (TPSA) is 31.4 Å². The fraction of sp³-hybridized carbons (Fsp3) is 0.250. The number of hydrogen-bond acceptors (Lipinski definition) is 3. The molecule has 0 saturated carbocycles. The number of rotatable bonds is 2. The minimum absolute atomic E-state index is 0.782. The summed E-state index contributed by atoms with van der Waals surface area (Å²) in [6.07, 6.45) is 1.83. The molecule has 0 bridgehead atoms. The number of hydrogen-bond donors (Lipinski definition) is 0. The first-order valence-electron chi connectivity index (χ1n) is 4.73. The Bertz CT molecular complexity index is 494. The zero-order valence-corrected chi connectivity index (χ0v) is 9.07. The van der Waals surface area contributed by atoms with E-state index in [1.807, 2.05) is 31.3 Å². The van der Waals surface area contributed by atoms with Gasteiger partial charge in [0.1, 0.15) is 11.5 Å². The van der Waals surface area contributed by atoms with E-state index in [1.54, 1.807) is 14.2 Å². The molecule has 1 aromatic heterocycles. The zero-order chi connectivity index (χ0) is 10.8. The smallest absolute Gasteiger partial charge is 0.130 e. The monoisotopic (exact) mass is 203 g/mol. The number of benzene rings is 1. The van der Waals surface area contributed by atoms with Gasteiger partial charge in [-0.25, -0.2) is 0 Å². The molecule has 0 aliphatic carbocycles. The minimum atomic E-state index is 0.782. The molecule has 0 radical (unpaired) electrons. The second-order valence-electron chi connectivity index (χ2n) is 3.38. The lowest BCUT2D eigenvalue weighted by Gasteiger charge is -2.08. The molecule has 0 aliphatic heterocycles. The molecule has 0 N–H and O–H groups in total. The summed E-state index contributed by atoms with van der Waals surface area (Å²) in [5.41, 5.74) is 0.978. The van der Waals surface area contributed by atoms with Gasteiger partial charge in [0.05, 0.1) is 14.2 Å². The van der Waals surface area contributed by atoms with Gasteiger partial charge in [-0.15, -0.1) is 0 Å². The maximum absolute atomic E-state index is 5.32. The van der Waals surface area contributed by atoms with Gasteiger partial charge in [-0.1, -0.05) is 0 Å². The van der Waals surface area contributed by atoms with Crippen LogP contribution in [0, 0.1) is 6.92 Å². The van der Waals surface area contributed by atoms with Crippen LogP contribution in [0.15, 0.2) is 24.4 Å². The molecule has 0 spiro atoms. The first-order valence-corrected chi connectivity index (χ1v) is 4.73. The molecular weight excluding hydrogens is 190 g/mol. The Morgan fingerprint density at radius 1 is 1.07 bits per heavy atom. The van der Waals surface area contributed by atoms with Crippen molar-refractivity contribution in [3.05, 3.63) is 30.1 Å². The number of aromatic nitrogens is 1. The number of pyridine rings is 1. The van der Waals surface area contributed by atoms with E-state index in [9.17, 15) is 0 Å². The van der Waals surface area contributed by atoms with Gasteiger partial charge in [0.25, 0.3) is 0 Å². The predicted molar refractivity (Wildman–Crippen MR) is 59.6 cm³/mol. The lowest BCUT2D eigenvalue weighted by Crippen LogP contribution is -1.90. The van der Waals surface area contributed by atoms with Gasteiger partial charge in [0, 0.05) is 28.7 Å². The molecule has 0 fully saturated rings. The summed E-state index contributed by atoms with van der Waals surface area (Å²) in [5.74, 6) is 1.60. The lowest BCUT2D eigenvalue weighted by molar-refractivity contribution is 0.398. The van der Waals surface area contributed by atoms with Crippen LogP contribution in [0.25, 0.3) is 10.8 Å². The van der Waals surface area contributed by atoms with Gasteiger partial charge in [-0.2, -0.15) is 0 Å². The summed E-state index contributed by atoms with van der Waals surface area (Å²) in [6.45, 7) is 1.96. The van der Waals surface area contributed by atoms with Crippen LogP contribution >= 0.6 is 0 Å². The second-order valence-corrected chi connectivity index (χ2v) is 3.38. The highest BCUT2D eigenvalue weighted by Crippen LogP contribution is 2.30. The van der Waals surface area contributed by atoms with Gasteiger partial charge >= 0.3 is 0 Å². The summed E-state index contributed by atoms with van der Waals surface area (Å²) < 4.78 is 10.5. The predicted octanol–water partition coefficient (Wildman–Crippen LogP) is 2.56. The van der Waals surface area contributed by atoms with Crippen molar-refractivity contribution in [2.75, 3.05) is 14.2 Å². The van der Waals surface area contributed by atoms with Crippen LogP contribution in [0.2, 0.25) is 0 Å². The second kappa shape index (κ2) is 3.77. The lowest BCUT2D eigenvalue weighted by atomic mass is 10.1. The number of fused-ring (bicyclic) bond motifs is 1. The number of aryl methyl sites for hydroxylation is 1. The Hall–Kier alpha value is -1.77. The molecule has 15 heavy (non-hydrogen) atoms. The quantitative estimate of drug-likeness (QED) is 0.751. The molecule has 1 heterocycles. The molecule has 0 unspecified atom stereocenters. The van der Waals surface area contributed by atoms with E-state index in [1.165, 1.54) is 0 Å². The van der Waals surface area contributed by atoms with Crippen molar-refractivity contribution < 1.29 is 9.47 Å². The number of ether oxygens (including phenoxy) is 2. The number of methoxy groups -OCH3 is 2. The van der Waals surface area contributed by atoms with E-state index in [4.69, 9.17) is 9.47 Å². The van der Waals surface area contributed by atoms with Crippen molar-refractivity contribution in [2.45, 2.75) is 6.92 Å². The van der Waals surface area contributed by atoms with Crippen molar-refractivity contribution in [1.29, 1.82) is 0 Å². The van der Waals surface area contributed by atoms with Crippen molar-refractivity contribution in [3.8, 4) is 11.5 Å². The van der Waals surface area contributed by atoms with E-state index >= 15 is 0 Å². The third kappa shape index (κ3) is 1.73. The maximum atomic E-state index is 5.32. The minimum Gasteiger partial charge on any atom is -0.497 e. The molecular formula is C12H13NO2. The highest BCUT2D eigenvalue weighted by atomic mass is 16.5. The first-order chi connectivity index (χ1) is 7.24. The molecule has 0 saturated heterocycles. The van der Waals surface area contributed by atoms with E-state index in [2.05, 4.69) is 4.98 Å². The van der Waals surface area contributed by atoms with Gasteiger partial charge in [0.2, 0.25) is 0 Å². The molecule has 0 amide bonds. The van der Waals surface area contributed by atoms with E-state index in [0.717, 1.165) is 28.0 Å². The largest absolute Gasteiger partial charge is 0.497 e. The van der Waals surface area contributed by atoms with E-state index < -0.39 is 0 Å². The van der Waals surface area contributed by atoms with Crippen molar-refractivity contribution in [3.63, 3.8) is 0 Å². The Morgan fingerprint density at radius 2 is 1.87 bits per heavy atom. The van der Waals surface area contributed by atoms with Crippen LogP contribution in [-0.2, 0) is 0 Å². The maximum Gasteiger partial charge on any atom is 0.130 e. The summed E-state index contributed by atoms with van der Waals surface area (Å²) >= 11 is 0. The third-order valence-corrected chi connectivity index (χ3v) is 2.36. The molecule has 2 aromatic rings.